The molecule has 56 heavy (non-hydrogen) atoms. The van der Waals surface area contributed by atoms with Crippen LogP contribution in [-0.4, -0.2) is 279 Å². The van der Waals surface area contributed by atoms with Gasteiger partial charge < -0.3 is 130 Å². The van der Waals surface area contributed by atoms with Crippen LogP contribution in [0.1, 0.15) is 0 Å². The SMILES string of the molecule is OC[C@@H](O)[C@@H](O)[C@H](O)[C@@H](CO)O[C@H]1O[C@H](CO)[C@@H](O)[C@H](O[C@H]2O[C@H](CO)[C@@H](O)[C@H](O[C@H]3O[C@H](CO)[C@@H](O)[C@H](O[C@H]4O[C@H](CO)[C@@H](O)[C@H](O)[C@@H]4O)[C@@H]3O)[C@@H]2O)[C@@H]1O. The average molecular weight is 831 g/mol. The Labute approximate surface area is 317 Å². The topological polar surface area (TPSA) is 438 Å². The van der Waals surface area contributed by atoms with Crippen molar-refractivity contribution in [2.45, 2.75) is 147 Å². The van der Waals surface area contributed by atoms with E-state index in [1.54, 1.807) is 0 Å². The van der Waals surface area contributed by atoms with Gasteiger partial charge in [-0.15, -0.1) is 0 Å². The molecule has 18 N–H and O–H groups in total. The fourth-order valence-electron chi connectivity index (χ4n) is 6.58. The van der Waals surface area contributed by atoms with Gasteiger partial charge in [0.15, 0.2) is 25.2 Å². The molecule has 0 spiro atoms. The number of rotatable bonds is 17. The summed E-state index contributed by atoms with van der Waals surface area (Å²) in [5.74, 6) is 0. The molecule has 4 aliphatic rings. The molecule has 0 aromatic carbocycles. The van der Waals surface area contributed by atoms with Crippen molar-refractivity contribution in [1.82, 2.24) is 0 Å². The van der Waals surface area contributed by atoms with Gasteiger partial charge in [0.05, 0.1) is 39.6 Å². The molecule has 330 valence electrons. The Morgan fingerprint density at radius 3 is 1.07 bits per heavy atom. The van der Waals surface area contributed by atoms with E-state index in [0.717, 1.165) is 0 Å². The first-order valence-corrected chi connectivity index (χ1v) is 17.5. The summed E-state index contributed by atoms with van der Waals surface area (Å²) >= 11 is 0. The summed E-state index contributed by atoms with van der Waals surface area (Å²) in [7, 11) is 0. The summed E-state index contributed by atoms with van der Waals surface area (Å²) in [4.78, 5) is 0. The number of aliphatic hydroxyl groups excluding tert-OH is 18. The molecule has 0 aromatic rings. The van der Waals surface area contributed by atoms with Crippen molar-refractivity contribution in [3.8, 4) is 0 Å². The molecule has 4 aliphatic heterocycles. The second-order valence-corrected chi connectivity index (χ2v) is 13.7. The zero-order chi connectivity index (χ0) is 41.8. The van der Waals surface area contributed by atoms with E-state index in [1.807, 2.05) is 0 Å². The highest BCUT2D eigenvalue weighted by Gasteiger charge is 2.56. The maximum atomic E-state index is 11.3. The van der Waals surface area contributed by atoms with Crippen molar-refractivity contribution in [2.75, 3.05) is 39.6 Å². The van der Waals surface area contributed by atoms with Gasteiger partial charge in [0.25, 0.3) is 0 Å². The molecule has 0 aromatic heterocycles. The van der Waals surface area contributed by atoms with E-state index < -0.39 is 187 Å². The minimum absolute atomic E-state index is 0.855. The summed E-state index contributed by atoms with van der Waals surface area (Å²) in [6.45, 7) is -5.85. The molecule has 4 fully saturated rings. The largest absolute Gasteiger partial charge is 0.394 e. The summed E-state index contributed by atoms with van der Waals surface area (Å²) in [5.41, 5.74) is 0. The molecule has 0 aliphatic carbocycles. The van der Waals surface area contributed by atoms with Gasteiger partial charge >= 0.3 is 0 Å². The summed E-state index contributed by atoms with van der Waals surface area (Å²) < 4.78 is 43.7. The lowest BCUT2D eigenvalue weighted by atomic mass is 9.95. The molecule has 24 atom stereocenters. The van der Waals surface area contributed by atoms with Gasteiger partial charge in [-0.2, -0.15) is 0 Å². The predicted molar refractivity (Wildman–Crippen MR) is 169 cm³/mol. The molecule has 0 unspecified atom stereocenters. The Morgan fingerprint density at radius 1 is 0.375 bits per heavy atom. The van der Waals surface area contributed by atoms with Crippen LogP contribution in [0.15, 0.2) is 0 Å². The van der Waals surface area contributed by atoms with Gasteiger partial charge in [-0.05, 0) is 0 Å². The number of hydrogen-bond acceptors (Lipinski definition) is 26. The van der Waals surface area contributed by atoms with Crippen LogP contribution in [0.5, 0.6) is 0 Å². The first-order chi connectivity index (χ1) is 26.5. The molecule has 0 amide bonds. The lowest BCUT2D eigenvalue weighted by molar-refractivity contribution is -0.392. The van der Waals surface area contributed by atoms with Crippen LogP contribution in [0.4, 0.5) is 0 Å². The normalized spacial score (nSPS) is 47.2. The van der Waals surface area contributed by atoms with Gasteiger partial charge in [0.2, 0.25) is 0 Å². The maximum absolute atomic E-state index is 11.3. The highest BCUT2D eigenvalue weighted by Crippen LogP contribution is 2.35. The fraction of sp³-hybridized carbons (Fsp3) is 1.00. The van der Waals surface area contributed by atoms with Crippen LogP contribution < -0.4 is 0 Å². The highest BCUT2D eigenvalue weighted by atomic mass is 16.8. The molecule has 4 heterocycles. The van der Waals surface area contributed by atoms with E-state index in [1.165, 1.54) is 0 Å². The molecular formula is C30H54O26. The minimum atomic E-state index is -2.19. The highest BCUT2D eigenvalue weighted by molar-refractivity contribution is 4.98. The summed E-state index contributed by atoms with van der Waals surface area (Å²) in [5, 5.41) is 185. The Hall–Kier alpha value is -1.04. The average Bonchev–Trinajstić information content (AvgIpc) is 3.19. The predicted octanol–water partition coefficient (Wildman–Crippen LogP) is -12.3. The van der Waals surface area contributed by atoms with Crippen molar-refractivity contribution < 1.29 is 130 Å². The van der Waals surface area contributed by atoms with Crippen LogP contribution in [0, 0.1) is 0 Å². The third-order valence-corrected chi connectivity index (χ3v) is 9.99. The molecule has 4 saturated heterocycles. The van der Waals surface area contributed by atoms with E-state index in [2.05, 4.69) is 0 Å². The lowest BCUT2D eigenvalue weighted by Crippen LogP contribution is -2.68. The van der Waals surface area contributed by atoms with Crippen LogP contribution in [0.25, 0.3) is 0 Å². The van der Waals surface area contributed by atoms with Crippen molar-refractivity contribution in [3.63, 3.8) is 0 Å². The molecule has 0 saturated carbocycles. The zero-order valence-electron chi connectivity index (χ0n) is 29.4. The van der Waals surface area contributed by atoms with Gasteiger partial charge in [-0.3, -0.25) is 0 Å². The maximum Gasteiger partial charge on any atom is 0.187 e. The van der Waals surface area contributed by atoms with E-state index in [9.17, 15) is 86.8 Å². The van der Waals surface area contributed by atoms with Crippen molar-refractivity contribution >= 4 is 0 Å². The van der Waals surface area contributed by atoms with Crippen LogP contribution in [0.3, 0.4) is 0 Å². The third kappa shape index (κ3) is 10.1. The Bertz CT molecular complexity index is 1160. The Morgan fingerprint density at radius 2 is 0.714 bits per heavy atom. The van der Waals surface area contributed by atoms with Crippen molar-refractivity contribution in [3.05, 3.63) is 0 Å². The second-order valence-electron chi connectivity index (χ2n) is 13.7. The van der Waals surface area contributed by atoms with Crippen molar-refractivity contribution in [1.29, 1.82) is 0 Å². The van der Waals surface area contributed by atoms with Crippen LogP contribution >= 0.6 is 0 Å². The molecule has 0 bridgehead atoms. The number of aliphatic hydroxyl groups is 18. The van der Waals surface area contributed by atoms with Gasteiger partial charge in [-0.25, -0.2) is 0 Å². The van der Waals surface area contributed by atoms with Gasteiger partial charge in [-0.1, -0.05) is 0 Å². The summed E-state index contributed by atoms with van der Waals surface area (Å²) in [6, 6.07) is 0. The first-order valence-electron chi connectivity index (χ1n) is 17.5. The summed E-state index contributed by atoms with van der Waals surface area (Å²) in [6.07, 6.45) is -46.2. The number of ether oxygens (including phenoxy) is 8. The standard InChI is InChI=1S/C30H54O26/c31-1-7(37)13(38)14(39)8(2-32)50-28-21(46)24(16(41)10(4-34)51-28)55-30-23(48)26(18(43)12(6-36)53-30)56-29-22(47)25(17(42)11(5-35)52-29)54-27-20(45)19(44)15(40)9(3-33)49-27/h7-48H,1-6H2/t7-,8-,9-,10-,11-,12-,13-,14-,15-,16-,17-,18-,19+,20+,21+,22+,23+,24+,25+,26+,27-,28+,29-,30-/m1/s1. The van der Waals surface area contributed by atoms with Crippen LogP contribution in [-0.2, 0) is 37.9 Å². The Balaban J connectivity index is 1.54. The van der Waals surface area contributed by atoms with E-state index in [4.69, 9.17) is 43.0 Å². The number of hydrogen-bond donors (Lipinski definition) is 18. The molecule has 0 radical (unpaired) electrons. The molecule has 4 rings (SSSR count). The second kappa shape index (κ2) is 21.0. The quantitative estimate of drug-likeness (QED) is 0.0647. The first kappa shape index (κ1) is 47.6. The molecular weight excluding hydrogens is 776 g/mol. The minimum Gasteiger partial charge on any atom is -0.394 e. The third-order valence-electron chi connectivity index (χ3n) is 9.99. The van der Waals surface area contributed by atoms with E-state index in [-0.39, 0.29) is 0 Å². The zero-order valence-corrected chi connectivity index (χ0v) is 29.4. The smallest absolute Gasteiger partial charge is 0.187 e. The Kier molecular flexibility index (Phi) is 17.8. The van der Waals surface area contributed by atoms with E-state index in [0.29, 0.717) is 0 Å². The lowest BCUT2D eigenvalue weighted by Gasteiger charge is -2.49. The van der Waals surface area contributed by atoms with E-state index >= 15 is 0 Å². The molecule has 26 nitrogen and oxygen atoms in total. The van der Waals surface area contributed by atoms with Crippen LogP contribution in [0.2, 0.25) is 0 Å². The van der Waals surface area contributed by atoms with Gasteiger partial charge in [0.1, 0.15) is 122 Å². The van der Waals surface area contributed by atoms with Crippen molar-refractivity contribution in [2.24, 2.45) is 0 Å². The fourth-order valence-corrected chi connectivity index (χ4v) is 6.58. The monoisotopic (exact) mass is 830 g/mol. The molecule has 26 heteroatoms. The van der Waals surface area contributed by atoms with Gasteiger partial charge in [0, 0.05) is 0 Å².